The van der Waals surface area contributed by atoms with Crippen LogP contribution in [-0.2, 0) is 6.42 Å². The topological polar surface area (TPSA) is 38.7 Å². The number of aromatic nitrogens is 3. The smallest absolute Gasteiger partial charge is 0.163 e. The zero-order chi connectivity index (χ0) is 15.3. The lowest BCUT2D eigenvalue weighted by Crippen LogP contribution is -2.01. The van der Waals surface area contributed by atoms with Gasteiger partial charge in [0.05, 0.1) is 0 Å². The fraction of sp³-hybridized carbons (Fsp3) is 0.211. The standard InChI is InChI=1S/C19H17N3/c1-11-12(2)17-15-7-5-4-6-14(15)8-16(17)18(13(11)3)19-21-9-20-10-22-19/h4-7,9-10H,8H2,1-3H3. The Labute approximate surface area is 130 Å². The summed E-state index contributed by atoms with van der Waals surface area (Å²) in [5.74, 6) is 0.777. The normalized spacial score (nSPS) is 12.1. The van der Waals surface area contributed by atoms with Crippen LogP contribution in [0.1, 0.15) is 27.8 Å². The van der Waals surface area contributed by atoms with Gasteiger partial charge in [-0.3, -0.25) is 0 Å². The maximum Gasteiger partial charge on any atom is 0.163 e. The highest BCUT2D eigenvalue weighted by molar-refractivity contribution is 5.88. The average Bonchev–Trinajstić information content (AvgIpc) is 2.93. The maximum absolute atomic E-state index is 4.40. The minimum absolute atomic E-state index is 0.777. The Morgan fingerprint density at radius 2 is 1.50 bits per heavy atom. The second kappa shape index (κ2) is 4.73. The van der Waals surface area contributed by atoms with E-state index in [9.17, 15) is 0 Å². The molecule has 0 radical (unpaired) electrons. The molecule has 0 atom stereocenters. The fourth-order valence-electron chi connectivity index (χ4n) is 3.56. The highest BCUT2D eigenvalue weighted by Gasteiger charge is 2.27. The Balaban J connectivity index is 2.10. The average molecular weight is 287 g/mol. The molecule has 2 aromatic carbocycles. The summed E-state index contributed by atoms with van der Waals surface area (Å²) < 4.78 is 0. The van der Waals surface area contributed by atoms with E-state index < -0.39 is 0 Å². The summed E-state index contributed by atoms with van der Waals surface area (Å²) in [6, 6.07) is 8.67. The fourth-order valence-corrected chi connectivity index (χ4v) is 3.56. The molecule has 0 bridgehead atoms. The van der Waals surface area contributed by atoms with Crippen LogP contribution >= 0.6 is 0 Å². The molecule has 0 saturated heterocycles. The number of rotatable bonds is 1. The third-order valence-corrected chi connectivity index (χ3v) is 4.85. The summed E-state index contributed by atoms with van der Waals surface area (Å²) in [6.45, 7) is 6.59. The number of benzene rings is 2. The Morgan fingerprint density at radius 3 is 2.27 bits per heavy atom. The third kappa shape index (κ3) is 1.72. The first-order valence-corrected chi connectivity index (χ1v) is 7.51. The Kier molecular flexibility index (Phi) is 2.83. The third-order valence-electron chi connectivity index (χ3n) is 4.85. The zero-order valence-electron chi connectivity index (χ0n) is 13.0. The molecule has 0 spiro atoms. The predicted molar refractivity (Wildman–Crippen MR) is 87.7 cm³/mol. The Bertz CT molecular complexity index is 883. The number of hydrogen-bond donors (Lipinski definition) is 0. The molecule has 1 aromatic heterocycles. The van der Waals surface area contributed by atoms with E-state index in [-0.39, 0.29) is 0 Å². The van der Waals surface area contributed by atoms with Gasteiger partial charge in [0.1, 0.15) is 12.7 Å². The van der Waals surface area contributed by atoms with Crippen molar-refractivity contribution in [3.05, 3.63) is 64.7 Å². The van der Waals surface area contributed by atoms with Gasteiger partial charge in [0.25, 0.3) is 0 Å². The van der Waals surface area contributed by atoms with Crippen LogP contribution in [0.15, 0.2) is 36.9 Å². The van der Waals surface area contributed by atoms with Crippen molar-refractivity contribution in [1.29, 1.82) is 0 Å². The van der Waals surface area contributed by atoms with Crippen molar-refractivity contribution in [2.45, 2.75) is 27.2 Å². The van der Waals surface area contributed by atoms with Gasteiger partial charge in [-0.1, -0.05) is 24.3 Å². The van der Waals surface area contributed by atoms with E-state index in [1.807, 2.05) is 0 Å². The van der Waals surface area contributed by atoms with E-state index in [1.54, 1.807) is 12.7 Å². The lowest BCUT2D eigenvalue weighted by molar-refractivity contribution is 1.04. The van der Waals surface area contributed by atoms with Crippen LogP contribution in [0, 0.1) is 20.8 Å². The summed E-state index contributed by atoms with van der Waals surface area (Å²) in [5, 5.41) is 0. The first kappa shape index (κ1) is 13.1. The van der Waals surface area contributed by atoms with Gasteiger partial charge in [0.2, 0.25) is 0 Å². The molecule has 108 valence electrons. The van der Waals surface area contributed by atoms with Crippen LogP contribution in [0.3, 0.4) is 0 Å². The summed E-state index contributed by atoms with van der Waals surface area (Å²) >= 11 is 0. The van der Waals surface area contributed by atoms with E-state index in [4.69, 9.17) is 0 Å². The SMILES string of the molecule is Cc1c(C)c(-c2ncncn2)c2c(c1C)-c1ccccc1C2. The van der Waals surface area contributed by atoms with Crippen LogP contribution in [0.4, 0.5) is 0 Å². The van der Waals surface area contributed by atoms with Crippen molar-refractivity contribution in [2.75, 3.05) is 0 Å². The molecule has 0 saturated carbocycles. The van der Waals surface area contributed by atoms with Crippen molar-refractivity contribution in [1.82, 2.24) is 15.0 Å². The van der Waals surface area contributed by atoms with Crippen LogP contribution in [-0.4, -0.2) is 15.0 Å². The summed E-state index contributed by atoms with van der Waals surface area (Å²) in [6.07, 6.45) is 4.10. The molecule has 1 aliphatic rings. The summed E-state index contributed by atoms with van der Waals surface area (Å²) in [5.41, 5.74) is 10.6. The van der Waals surface area contributed by atoms with Gasteiger partial charge in [0.15, 0.2) is 5.82 Å². The molecule has 1 aliphatic carbocycles. The van der Waals surface area contributed by atoms with Crippen molar-refractivity contribution in [3.63, 3.8) is 0 Å². The van der Waals surface area contributed by atoms with Gasteiger partial charge in [-0.05, 0) is 66.1 Å². The van der Waals surface area contributed by atoms with Crippen LogP contribution in [0.25, 0.3) is 22.5 Å². The molecule has 3 aromatic rings. The molecule has 22 heavy (non-hydrogen) atoms. The maximum atomic E-state index is 4.40. The van der Waals surface area contributed by atoms with Gasteiger partial charge in [-0.25, -0.2) is 15.0 Å². The zero-order valence-corrected chi connectivity index (χ0v) is 13.0. The second-order valence-electron chi connectivity index (χ2n) is 5.90. The van der Waals surface area contributed by atoms with Crippen molar-refractivity contribution in [3.8, 4) is 22.5 Å². The van der Waals surface area contributed by atoms with Gasteiger partial charge < -0.3 is 0 Å². The highest BCUT2D eigenvalue weighted by atomic mass is 15.0. The molecule has 3 nitrogen and oxygen atoms in total. The van der Waals surface area contributed by atoms with Crippen molar-refractivity contribution >= 4 is 0 Å². The highest BCUT2D eigenvalue weighted by Crippen LogP contribution is 2.45. The minimum atomic E-state index is 0.777. The number of fused-ring (bicyclic) bond motifs is 3. The molecular weight excluding hydrogens is 270 g/mol. The van der Waals surface area contributed by atoms with E-state index in [1.165, 1.54) is 44.5 Å². The van der Waals surface area contributed by atoms with Gasteiger partial charge in [-0.15, -0.1) is 0 Å². The monoisotopic (exact) mass is 287 g/mol. The number of hydrogen-bond acceptors (Lipinski definition) is 3. The minimum Gasteiger partial charge on any atom is -0.225 e. The molecule has 3 heteroatoms. The van der Waals surface area contributed by atoms with E-state index in [0.29, 0.717) is 0 Å². The van der Waals surface area contributed by atoms with Crippen LogP contribution < -0.4 is 0 Å². The van der Waals surface area contributed by atoms with Gasteiger partial charge >= 0.3 is 0 Å². The Hall–Kier alpha value is -2.55. The molecule has 0 fully saturated rings. The van der Waals surface area contributed by atoms with Gasteiger partial charge in [0, 0.05) is 5.56 Å². The van der Waals surface area contributed by atoms with Crippen LogP contribution in [0.5, 0.6) is 0 Å². The lowest BCUT2D eigenvalue weighted by Gasteiger charge is -2.17. The molecule has 0 N–H and O–H groups in total. The molecule has 1 heterocycles. The van der Waals surface area contributed by atoms with E-state index in [2.05, 4.69) is 60.0 Å². The molecular formula is C19H17N3. The van der Waals surface area contributed by atoms with Crippen molar-refractivity contribution in [2.24, 2.45) is 0 Å². The molecule has 4 rings (SSSR count). The lowest BCUT2D eigenvalue weighted by atomic mass is 9.88. The van der Waals surface area contributed by atoms with Crippen molar-refractivity contribution < 1.29 is 0 Å². The Morgan fingerprint density at radius 1 is 0.818 bits per heavy atom. The molecule has 0 aliphatic heterocycles. The first-order chi connectivity index (χ1) is 10.7. The summed E-state index contributed by atoms with van der Waals surface area (Å²) in [7, 11) is 0. The number of nitrogens with zero attached hydrogens (tertiary/aromatic N) is 3. The van der Waals surface area contributed by atoms with Crippen LogP contribution in [0.2, 0.25) is 0 Å². The predicted octanol–water partition coefficient (Wildman–Crippen LogP) is 4.04. The van der Waals surface area contributed by atoms with E-state index >= 15 is 0 Å². The molecule has 0 amide bonds. The molecule has 0 unspecified atom stereocenters. The second-order valence-corrected chi connectivity index (χ2v) is 5.90. The van der Waals surface area contributed by atoms with E-state index in [0.717, 1.165) is 12.2 Å². The quantitative estimate of drug-likeness (QED) is 0.530. The van der Waals surface area contributed by atoms with Gasteiger partial charge in [-0.2, -0.15) is 0 Å². The largest absolute Gasteiger partial charge is 0.225 e. The summed E-state index contributed by atoms with van der Waals surface area (Å²) in [4.78, 5) is 12.7. The first-order valence-electron chi connectivity index (χ1n) is 7.51.